The van der Waals surface area contributed by atoms with Crippen molar-refractivity contribution in [2.75, 3.05) is 23.0 Å². The highest BCUT2D eigenvalue weighted by Crippen LogP contribution is 2.17. The van der Waals surface area contributed by atoms with E-state index in [0.29, 0.717) is 5.02 Å². The second kappa shape index (κ2) is 8.22. The summed E-state index contributed by atoms with van der Waals surface area (Å²) in [6, 6.07) is 15.7. The van der Waals surface area contributed by atoms with Crippen molar-refractivity contribution in [1.29, 1.82) is 0 Å². The molecule has 0 spiro atoms. The Hall–Kier alpha value is -1.98. The molecule has 0 aliphatic carbocycles. The van der Waals surface area contributed by atoms with Gasteiger partial charge in [-0.15, -0.1) is 0 Å². The Labute approximate surface area is 151 Å². The van der Waals surface area contributed by atoms with E-state index in [1.807, 2.05) is 43.3 Å². The highest BCUT2D eigenvalue weighted by Gasteiger charge is 2.06. The zero-order chi connectivity index (χ0) is 16.8. The topological polar surface area (TPSA) is 48.8 Å². The van der Waals surface area contributed by atoms with Crippen molar-refractivity contribution < 1.29 is 0 Å². The van der Waals surface area contributed by atoms with Gasteiger partial charge in [-0.1, -0.05) is 35.5 Å². The number of halogens is 1. The number of hydrogen-bond donors (Lipinski definition) is 2. The average molecular weight is 359 g/mol. The first kappa shape index (κ1) is 16.9. The Morgan fingerprint density at radius 1 is 1.08 bits per heavy atom. The normalized spacial score (nSPS) is 14.9. The molecule has 2 aromatic carbocycles. The van der Waals surface area contributed by atoms with Crippen LogP contribution in [0.5, 0.6) is 0 Å². The van der Waals surface area contributed by atoms with E-state index in [9.17, 15) is 0 Å². The molecule has 0 unspecified atom stereocenters. The van der Waals surface area contributed by atoms with Crippen molar-refractivity contribution in [3.05, 3.63) is 59.1 Å². The number of nitrogens with zero attached hydrogens (tertiary/aromatic N) is 2. The van der Waals surface area contributed by atoms with Gasteiger partial charge in [-0.3, -0.25) is 10.4 Å². The number of anilines is 2. The van der Waals surface area contributed by atoms with Gasteiger partial charge in [-0.2, -0.15) is 5.10 Å². The standard InChI is InChI=1S/C18H19ClN4S/c1-13(22-23-17-9-5-15(19)6-10-17)14-3-7-16(8-4-14)21-18-20-11-2-12-24-18/h3-10,23H,2,11-12H2,1H3,(H,20,21)/b22-13-. The summed E-state index contributed by atoms with van der Waals surface area (Å²) >= 11 is 7.65. The molecule has 4 nitrogen and oxygen atoms in total. The van der Waals surface area contributed by atoms with Crippen LogP contribution in [0.25, 0.3) is 0 Å². The maximum atomic E-state index is 5.88. The van der Waals surface area contributed by atoms with E-state index < -0.39 is 0 Å². The number of nitrogens with one attached hydrogen (secondary N) is 2. The Morgan fingerprint density at radius 3 is 2.46 bits per heavy atom. The minimum absolute atomic E-state index is 0.713. The Bertz CT molecular complexity index is 739. The molecule has 0 bridgehead atoms. The Morgan fingerprint density at radius 2 is 1.79 bits per heavy atom. The largest absolute Gasteiger partial charge is 0.335 e. The molecule has 0 atom stereocenters. The average Bonchev–Trinajstić information content (AvgIpc) is 2.62. The summed E-state index contributed by atoms with van der Waals surface area (Å²) in [6.45, 7) is 2.89. The van der Waals surface area contributed by atoms with Crippen LogP contribution >= 0.6 is 23.4 Å². The predicted octanol–water partition coefficient (Wildman–Crippen LogP) is 5.08. The van der Waals surface area contributed by atoms with Crippen LogP contribution in [0, 0.1) is 0 Å². The van der Waals surface area contributed by atoms with Crippen LogP contribution in [0.4, 0.5) is 11.4 Å². The highest BCUT2D eigenvalue weighted by atomic mass is 35.5. The molecule has 6 heteroatoms. The molecule has 0 amide bonds. The quantitative estimate of drug-likeness (QED) is 0.591. The zero-order valence-corrected chi connectivity index (χ0v) is 15.0. The minimum atomic E-state index is 0.713. The van der Waals surface area contributed by atoms with Crippen molar-refractivity contribution >= 4 is 45.6 Å². The fraction of sp³-hybridized carbons (Fsp3) is 0.222. The third-order valence-electron chi connectivity index (χ3n) is 3.55. The second-order valence-corrected chi connectivity index (χ2v) is 6.93. The highest BCUT2D eigenvalue weighted by molar-refractivity contribution is 8.14. The van der Waals surface area contributed by atoms with Crippen LogP contribution < -0.4 is 10.7 Å². The first-order valence-electron chi connectivity index (χ1n) is 7.81. The molecule has 0 aromatic heterocycles. The van der Waals surface area contributed by atoms with E-state index in [-0.39, 0.29) is 0 Å². The monoisotopic (exact) mass is 358 g/mol. The molecule has 24 heavy (non-hydrogen) atoms. The van der Waals surface area contributed by atoms with Crippen LogP contribution in [0.15, 0.2) is 58.6 Å². The predicted molar refractivity (Wildman–Crippen MR) is 107 cm³/mol. The van der Waals surface area contributed by atoms with Crippen molar-refractivity contribution in [3.8, 4) is 0 Å². The first-order valence-corrected chi connectivity index (χ1v) is 9.18. The molecule has 1 aliphatic heterocycles. The Kier molecular flexibility index (Phi) is 5.77. The lowest BCUT2D eigenvalue weighted by atomic mass is 10.1. The second-order valence-electron chi connectivity index (χ2n) is 5.41. The van der Waals surface area contributed by atoms with Crippen molar-refractivity contribution in [2.45, 2.75) is 13.3 Å². The molecule has 0 radical (unpaired) electrons. The number of aliphatic imine (C=N–C) groups is 1. The van der Waals surface area contributed by atoms with Gasteiger partial charge in [0.1, 0.15) is 0 Å². The van der Waals surface area contributed by atoms with E-state index in [2.05, 4.69) is 33.0 Å². The van der Waals surface area contributed by atoms with Gasteiger partial charge in [0.15, 0.2) is 5.17 Å². The lowest BCUT2D eigenvalue weighted by Crippen LogP contribution is -2.13. The van der Waals surface area contributed by atoms with Crippen molar-refractivity contribution in [2.24, 2.45) is 10.1 Å². The van der Waals surface area contributed by atoms with Crippen LogP contribution in [0.2, 0.25) is 5.02 Å². The first-order chi connectivity index (χ1) is 11.7. The van der Waals surface area contributed by atoms with Crippen LogP contribution in [0.3, 0.4) is 0 Å². The van der Waals surface area contributed by atoms with Crippen molar-refractivity contribution in [3.63, 3.8) is 0 Å². The number of amidine groups is 1. The van der Waals surface area contributed by atoms with Gasteiger partial charge in [-0.25, -0.2) is 0 Å². The molecule has 1 aliphatic rings. The van der Waals surface area contributed by atoms with E-state index in [1.165, 1.54) is 0 Å². The van der Waals surface area contributed by atoms with Crippen LogP contribution in [-0.4, -0.2) is 23.2 Å². The number of rotatable bonds is 4. The SMILES string of the molecule is C/C(=N/Nc1ccc(Cl)cc1)c1ccc(NC2=NCCCS2)cc1. The molecule has 0 saturated heterocycles. The van der Waals surface area contributed by atoms with E-state index in [0.717, 1.165) is 46.5 Å². The van der Waals surface area contributed by atoms with Crippen LogP contribution in [-0.2, 0) is 0 Å². The van der Waals surface area contributed by atoms with E-state index in [4.69, 9.17) is 11.6 Å². The Balaban J connectivity index is 1.62. The summed E-state index contributed by atoms with van der Waals surface area (Å²) in [7, 11) is 0. The summed E-state index contributed by atoms with van der Waals surface area (Å²) in [5.41, 5.74) is 6.98. The molecule has 2 N–H and O–H groups in total. The lowest BCUT2D eigenvalue weighted by Gasteiger charge is -2.13. The summed E-state index contributed by atoms with van der Waals surface area (Å²) in [6.07, 6.45) is 1.16. The van der Waals surface area contributed by atoms with Gasteiger partial charge in [0, 0.05) is 23.0 Å². The number of hydrogen-bond acceptors (Lipinski definition) is 5. The summed E-state index contributed by atoms with van der Waals surface area (Å²) < 4.78 is 0. The van der Waals surface area contributed by atoms with Gasteiger partial charge in [0.05, 0.1) is 11.4 Å². The summed E-state index contributed by atoms with van der Waals surface area (Å²) in [5, 5.41) is 9.49. The number of hydrazone groups is 1. The van der Waals surface area contributed by atoms with Crippen LogP contribution in [0.1, 0.15) is 18.9 Å². The van der Waals surface area contributed by atoms with E-state index in [1.54, 1.807) is 11.8 Å². The van der Waals surface area contributed by atoms with Gasteiger partial charge in [0.25, 0.3) is 0 Å². The minimum Gasteiger partial charge on any atom is -0.335 e. The molecule has 0 saturated carbocycles. The third kappa shape index (κ3) is 4.76. The van der Waals surface area contributed by atoms with Gasteiger partial charge < -0.3 is 5.32 Å². The third-order valence-corrected chi connectivity index (χ3v) is 4.80. The molecule has 0 fully saturated rings. The molecule has 124 valence electrons. The summed E-state index contributed by atoms with van der Waals surface area (Å²) in [4.78, 5) is 4.48. The molecule has 2 aromatic rings. The fourth-order valence-corrected chi connectivity index (χ4v) is 3.16. The molecule has 1 heterocycles. The van der Waals surface area contributed by atoms with Gasteiger partial charge >= 0.3 is 0 Å². The maximum Gasteiger partial charge on any atom is 0.161 e. The number of thioether (sulfide) groups is 1. The lowest BCUT2D eigenvalue weighted by molar-refractivity contribution is 0.938. The summed E-state index contributed by atoms with van der Waals surface area (Å²) in [5.74, 6) is 1.13. The van der Waals surface area contributed by atoms with Gasteiger partial charge in [-0.05, 0) is 55.3 Å². The zero-order valence-electron chi connectivity index (χ0n) is 13.4. The van der Waals surface area contributed by atoms with E-state index >= 15 is 0 Å². The van der Waals surface area contributed by atoms with Gasteiger partial charge in [0.2, 0.25) is 0 Å². The smallest absolute Gasteiger partial charge is 0.161 e. The molecular formula is C18H19ClN4S. The number of benzene rings is 2. The molecule has 3 rings (SSSR count). The van der Waals surface area contributed by atoms with Crippen molar-refractivity contribution in [1.82, 2.24) is 0 Å². The fourth-order valence-electron chi connectivity index (χ4n) is 2.19. The molecular weight excluding hydrogens is 340 g/mol. The maximum absolute atomic E-state index is 5.88.